The lowest BCUT2D eigenvalue weighted by Crippen LogP contribution is -2.56. The molecule has 2 aliphatic rings. The second-order valence-corrected chi connectivity index (χ2v) is 7.54. The highest BCUT2D eigenvalue weighted by Crippen LogP contribution is 2.35. The highest BCUT2D eigenvalue weighted by Gasteiger charge is 2.34. The van der Waals surface area contributed by atoms with Gasteiger partial charge in [0, 0.05) is 23.4 Å². The van der Waals surface area contributed by atoms with Crippen LogP contribution in [0.25, 0.3) is 0 Å². The number of likely N-dealkylation sites (tertiary alicyclic amines) is 1. The van der Waals surface area contributed by atoms with E-state index in [1.165, 1.54) is 0 Å². The number of ether oxygens (including phenoxy) is 1. The Bertz CT molecular complexity index is 921. The predicted molar refractivity (Wildman–Crippen MR) is 99.9 cm³/mol. The molecule has 2 fully saturated rings. The molecule has 1 aliphatic carbocycles. The monoisotopic (exact) mass is 352 g/mol. The molecule has 1 amide bonds. The number of hydrogen-bond acceptors (Lipinski definition) is 3. The first-order valence-electron chi connectivity index (χ1n) is 9.19. The summed E-state index contributed by atoms with van der Waals surface area (Å²) >= 11 is 0. The van der Waals surface area contributed by atoms with Gasteiger partial charge in [0.05, 0.1) is 13.1 Å². The quantitative estimate of drug-likeness (QED) is 0.850. The number of benzene rings is 1. The first-order valence-corrected chi connectivity index (χ1v) is 9.19. The Morgan fingerprint density at radius 1 is 1.08 bits per heavy atom. The summed E-state index contributed by atoms with van der Waals surface area (Å²) in [6, 6.07) is 9.74. The van der Waals surface area contributed by atoms with Crippen molar-refractivity contribution in [1.29, 1.82) is 0 Å². The second-order valence-electron chi connectivity index (χ2n) is 7.54. The average Bonchev–Trinajstić information content (AvgIpc) is 3.34. The number of rotatable bonds is 4. The summed E-state index contributed by atoms with van der Waals surface area (Å²) in [5.74, 6) is 0.649. The first-order chi connectivity index (χ1) is 12.4. The lowest BCUT2D eigenvalue weighted by Gasteiger charge is -2.39. The number of amides is 1. The van der Waals surface area contributed by atoms with Crippen LogP contribution in [0.2, 0.25) is 0 Å². The van der Waals surface area contributed by atoms with Crippen LogP contribution in [0.4, 0.5) is 0 Å². The summed E-state index contributed by atoms with van der Waals surface area (Å²) in [4.78, 5) is 26.7. The fourth-order valence-electron chi connectivity index (χ4n) is 3.65. The minimum Gasteiger partial charge on any atom is -0.486 e. The molecule has 4 rings (SSSR count). The van der Waals surface area contributed by atoms with Gasteiger partial charge in [0.25, 0.3) is 11.5 Å². The van der Waals surface area contributed by atoms with E-state index in [4.69, 9.17) is 4.74 Å². The second kappa shape index (κ2) is 6.31. The molecule has 5 heteroatoms. The number of hydrogen-bond donors (Lipinski definition) is 0. The lowest BCUT2D eigenvalue weighted by molar-refractivity contribution is 0.0176. The summed E-state index contributed by atoms with van der Waals surface area (Å²) in [5, 5.41) is 0. The number of aromatic nitrogens is 1. The summed E-state index contributed by atoms with van der Waals surface area (Å²) in [7, 11) is 0. The van der Waals surface area contributed by atoms with Crippen molar-refractivity contribution in [3.8, 4) is 5.75 Å². The van der Waals surface area contributed by atoms with E-state index in [0.717, 1.165) is 35.2 Å². The van der Waals surface area contributed by atoms with Gasteiger partial charge in [-0.25, -0.2) is 0 Å². The Hall–Kier alpha value is -2.56. The zero-order valence-corrected chi connectivity index (χ0v) is 15.5. The Kier molecular flexibility index (Phi) is 4.10. The average molecular weight is 352 g/mol. The van der Waals surface area contributed by atoms with Gasteiger partial charge in [-0.15, -0.1) is 0 Å². The topological polar surface area (TPSA) is 51.5 Å². The Morgan fingerprint density at radius 3 is 2.42 bits per heavy atom. The molecule has 0 N–H and O–H groups in total. The highest BCUT2D eigenvalue weighted by atomic mass is 16.5. The minimum atomic E-state index is -0.0553. The number of carbonyl (C=O) groups is 1. The summed E-state index contributed by atoms with van der Waals surface area (Å²) in [6.45, 7) is 7.04. The van der Waals surface area contributed by atoms with Crippen molar-refractivity contribution >= 4 is 5.91 Å². The maximum absolute atomic E-state index is 12.6. The van der Waals surface area contributed by atoms with Crippen molar-refractivity contribution in [2.24, 2.45) is 0 Å². The van der Waals surface area contributed by atoms with Gasteiger partial charge >= 0.3 is 0 Å². The largest absolute Gasteiger partial charge is 0.486 e. The van der Waals surface area contributed by atoms with Crippen molar-refractivity contribution in [3.63, 3.8) is 0 Å². The van der Waals surface area contributed by atoms with Crippen molar-refractivity contribution in [1.82, 2.24) is 9.47 Å². The zero-order chi connectivity index (χ0) is 18.4. The van der Waals surface area contributed by atoms with Gasteiger partial charge in [0.2, 0.25) is 0 Å². The van der Waals surface area contributed by atoms with E-state index in [-0.39, 0.29) is 17.6 Å². The van der Waals surface area contributed by atoms with E-state index in [1.54, 1.807) is 11.0 Å². The summed E-state index contributed by atoms with van der Waals surface area (Å²) in [5.41, 5.74) is 3.85. The molecule has 2 aromatic rings. The molecule has 0 spiro atoms. The van der Waals surface area contributed by atoms with Crippen LogP contribution < -0.4 is 10.3 Å². The standard InChI is InChI=1S/C21H24N2O3/c1-13-4-7-19(14(2)8-13)21(25)22-11-18(12-22)26-17-9-15(3)23(16-5-6-16)20(24)10-17/h4,7-10,16,18H,5-6,11-12H2,1-3H3. The molecule has 1 aromatic heterocycles. The van der Waals surface area contributed by atoms with E-state index in [0.29, 0.717) is 24.9 Å². The van der Waals surface area contributed by atoms with Crippen molar-refractivity contribution in [2.75, 3.05) is 13.1 Å². The molecule has 0 atom stereocenters. The molecule has 0 radical (unpaired) electrons. The van der Waals surface area contributed by atoms with Crippen LogP contribution in [0.1, 0.15) is 46.1 Å². The third-order valence-corrected chi connectivity index (χ3v) is 5.20. The molecule has 136 valence electrons. The van der Waals surface area contributed by atoms with Gasteiger partial charge in [0.1, 0.15) is 11.9 Å². The van der Waals surface area contributed by atoms with E-state index in [2.05, 4.69) is 0 Å². The molecule has 26 heavy (non-hydrogen) atoms. The number of carbonyl (C=O) groups excluding carboxylic acids is 1. The SMILES string of the molecule is Cc1ccc(C(=O)N2CC(Oc3cc(C)n(C4CC4)c(=O)c3)C2)c(C)c1. The summed E-state index contributed by atoms with van der Waals surface area (Å²) in [6.07, 6.45) is 2.11. The van der Waals surface area contributed by atoms with Crippen LogP contribution >= 0.6 is 0 Å². The number of pyridine rings is 1. The smallest absolute Gasteiger partial charge is 0.254 e. The molecular weight excluding hydrogens is 328 g/mol. The van der Waals surface area contributed by atoms with E-state index < -0.39 is 0 Å². The van der Waals surface area contributed by atoms with Crippen LogP contribution in [-0.2, 0) is 0 Å². The van der Waals surface area contributed by atoms with Crippen molar-refractivity contribution < 1.29 is 9.53 Å². The number of nitrogens with zero attached hydrogens (tertiary/aromatic N) is 2. The van der Waals surface area contributed by atoms with E-state index >= 15 is 0 Å². The predicted octanol–water partition coefficient (Wildman–Crippen LogP) is 3.01. The van der Waals surface area contributed by atoms with E-state index in [1.807, 2.05) is 49.6 Å². The van der Waals surface area contributed by atoms with Gasteiger partial charge in [0.15, 0.2) is 0 Å². The molecule has 1 saturated carbocycles. The third kappa shape index (κ3) is 3.14. The van der Waals surface area contributed by atoms with Gasteiger partial charge < -0.3 is 14.2 Å². The van der Waals surface area contributed by atoms with Gasteiger partial charge in [-0.3, -0.25) is 9.59 Å². The zero-order valence-electron chi connectivity index (χ0n) is 15.5. The third-order valence-electron chi connectivity index (χ3n) is 5.20. The molecule has 5 nitrogen and oxygen atoms in total. The first kappa shape index (κ1) is 16.9. The van der Waals surface area contributed by atoms with Crippen LogP contribution in [0.3, 0.4) is 0 Å². The highest BCUT2D eigenvalue weighted by molar-refractivity contribution is 5.96. The molecule has 0 unspecified atom stereocenters. The normalized spacial score (nSPS) is 17.1. The van der Waals surface area contributed by atoms with Crippen molar-refractivity contribution in [2.45, 2.75) is 45.8 Å². The fraction of sp³-hybridized carbons (Fsp3) is 0.429. The molecule has 1 aromatic carbocycles. The fourth-order valence-corrected chi connectivity index (χ4v) is 3.65. The van der Waals surface area contributed by atoms with Crippen molar-refractivity contribution in [3.05, 3.63) is 63.1 Å². The Morgan fingerprint density at radius 2 is 1.81 bits per heavy atom. The molecule has 1 saturated heterocycles. The van der Waals surface area contributed by atoms with Gasteiger partial charge in [-0.1, -0.05) is 17.7 Å². The molecule has 1 aliphatic heterocycles. The van der Waals surface area contributed by atoms with Gasteiger partial charge in [-0.05, 0) is 51.3 Å². The van der Waals surface area contributed by atoms with Crippen LogP contribution in [0.5, 0.6) is 5.75 Å². The van der Waals surface area contributed by atoms with E-state index in [9.17, 15) is 9.59 Å². The maximum atomic E-state index is 12.6. The maximum Gasteiger partial charge on any atom is 0.254 e. The number of aryl methyl sites for hydroxylation is 3. The molecular formula is C21H24N2O3. The molecule has 2 heterocycles. The summed E-state index contributed by atoms with van der Waals surface area (Å²) < 4.78 is 7.78. The van der Waals surface area contributed by atoms with Crippen LogP contribution in [-0.4, -0.2) is 34.6 Å². The van der Waals surface area contributed by atoms with Crippen LogP contribution in [0.15, 0.2) is 35.1 Å². The van der Waals surface area contributed by atoms with Gasteiger partial charge in [-0.2, -0.15) is 0 Å². The molecule has 0 bridgehead atoms. The lowest BCUT2D eigenvalue weighted by atomic mass is 10.0. The Balaban J connectivity index is 1.39. The minimum absolute atomic E-state index is 0.00466. The van der Waals surface area contributed by atoms with Crippen LogP contribution in [0, 0.1) is 20.8 Å². The Labute approximate surface area is 153 Å².